The zero-order valence-electron chi connectivity index (χ0n) is 18.2. The second kappa shape index (κ2) is 9.78. The number of nitro groups is 1. The van der Waals surface area contributed by atoms with Gasteiger partial charge >= 0.3 is 5.97 Å². The predicted octanol–water partition coefficient (Wildman–Crippen LogP) is 4.15. The monoisotopic (exact) mass is 456 g/mol. The lowest BCUT2D eigenvalue weighted by Gasteiger charge is -2.07. The SMILES string of the molecule is COC(=O)c1cccc(Cn2cc(/C=N\NC(=O)c3cccc([N+](=O)[O-])c3)c3ccccc32)c1. The fourth-order valence-corrected chi connectivity index (χ4v) is 3.61. The molecule has 9 heteroatoms. The van der Waals surface area contributed by atoms with E-state index in [1.807, 2.05) is 41.1 Å². The Morgan fingerprint density at radius 3 is 2.62 bits per heavy atom. The van der Waals surface area contributed by atoms with Gasteiger partial charge in [0.2, 0.25) is 0 Å². The fourth-order valence-electron chi connectivity index (χ4n) is 3.61. The number of hydrazone groups is 1. The minimum Gasteiger partial charge on any atom is -0.465 e. The Kier molecular flexibility index (Phi) is 6.45. The summed E-state index contributed by atoms with van der Waals surface area (Å²) in [5.74, 6) is -0.949. The summed E-state index contributed by atoms with van der Waals surface area (Å²) >= 11 is 0. The van der Waals surface area contributed by atoms with Gasteiger partial charge in [0.1, 0.15) is 0 Å². The van der Waals surface area contributed by atoms with E-state index < -0.39 is 16.8 Å². The molecule has 0 aliphatic rings. The Bertz CT molecular complexity index is 1420. The number of ether oxygens (including phenoxy) is 1. The van der Waals surface area contributed by atoms with Gasteiger partial charge in [-0.3, -0.25) is 14.9 Å². The first-order valence-electron chi connectivity index (χ1n) is 10.3. The molecule has 4 aromatic rings. The molecule has 34 heavy (non-hydrogen) atoms. The molecule has 4 rings (SSSR count). The number of hydrogen-bond donors (Lipinski definition) is 1. The molecular formula is C25H20N4O5. The Morgan fingerprint density at radius 1 is 1.06 bits per heavy atom. The number of rotatable bonds is 7. The average Bonchev–Trinajstić information content (AvgIpc) is 3.21. The number of nitro benzene ring substituents is 1. The van der Waals surface area contributed by atoms with Gasteiger partial charge in [0.25, 0.3) is 11.6 Å². The van der Waals surface area contributed by atoms with Crippen molar-refractivity contribution in [2.24, 2.45) is 5.10 Å². The molecule has 0 saturated heterocycles. The molecule has 1 heterocycles. The van der Waals surface area contributed by atoms with E-state index >= 15 is 0 Å². The number of fused-ring (bicyclic) bond motifs is 1. The van der Waals surface area contributed by atoms with E-state index in [2.05, 4.69) is 10.5 Å². The average molecular weight is 456 g/mol. The largest absolute Gasteiger partial charge is 0.465 e. The second-order valence-corrected chi connectivity index (χ2v) is 7.43. The van der Waals surface area contributed by atoms with Crippen molar-refractivity contribution in [3.8, 4) is 0 Å². The molecule has 0 unspecified atom stereocenters. The van der Waals surface area contributed by atoms with Crippen LogP contribution in [0.15, 0.2) is 84.1 Å². The zero-order valence-corrected chi connectivity index (χ0v) is 18.2. The van der Waals surface area contributed by atoms with Crippen LogP contribution in [0.4, 0.5) is 5.69 Å². The highest BCUT2D eigenvalue weighted by Crippen LogP contribution is 2.22. The lowest BCUT2D eigenvalue weighted by Crippen LogP contribution is -2.17. The van der Waals surface area contributed by atoms with Crippen LogP contribution >= 0.6 is 0 Å². The van der Waals surface area contributed by atoms with Gasteiger partial charge in [-0.1, -0.05) is 36.4 Å². The summed E-state index contributed by atoms with van der Waals surface area (Å²) in [4.78, 5) is 34.5. The van der Waals surface area contributed by atoms with Crippen LogP contribution in [0.1, 0.15) is 31.8 Å². The van der Waals surface area contributed by atoms with Gasteiger partial charge in [-0.05, 0) is 29.8 Å². The van der Waals surface area contributed by atoms with Crippen molar-refractivity contribution >= 4 is 34.7 Å². The first kappa shape index (κ1) is 22.4. The highest BCUT2D eigenvalue weighted by Gasteiger charge is 2.12. The molecule has 1 aromatic heterocycles. The zero-order chi connectivity index (χ0) is 24.1. The number of esters is 1. The van der Waals surface area contributed by atoms with Crippen LogP contribution < -0.4 is 5.43 Å². The van der Waals surface area contributed by atoms with Crippen molar-refractivity contribution in [1.29, 1.82) is 0 Å². The summed E-state index contributed by atoms with van der Waals surface area (Å²) < 4.78 is 6.82. The van der Waals surface area contributed by atoms with E-state index in [-0.39, 0.29) is 11.3 Å². The number of hydrogen-bond acceptors (Lipinski definition) is 6. The fraction of sp³-hybridized carbons (Fsp3) is 0.0800. The molecule has 0 atom stereocenters. The van der Waals surface area contributed by atoms with Crippen molar-refractivity contribution < 1.29 is 19.2 Å². The Balaban J connectivity index is 1.56. The number of nitrogens with one attached hydrogen (secondary N) is 1. The molecule has 1 amide bonds. The van der Waals surface area contributed by atoms with Gasteiger partial charge in [0.15, 0.2) is 0 Å². The van der Waals surface area contributed by atoms with Crippen molar-refractivity contribution in [2.75, 3.05) is 7.11 Å². The van der Waals surface area contributed by atoms with Crippen LogP contribution in [0.2, 0.25) is 0 Å². The molecule has 0 bridgehead atoms. The minimum absolute atomic E-state index is 0.138. The van der Waals surface area contributed by atoms with E-state index in [4.69, 9.17) is 4.74 Å². The highest BCUT2D eigenvalue weighted by atomic mass is 16.6. The van der Waals surface area contributed by atoms with Crippen LogP contribution in [0.5, 0.6) is 0 Å². The topological polar surface area (TPSA) is 116 Å². The third-order valence-corrected chi connectivity index (χ3v) is 5.21. The molecule has 0 aliphatic heterocycles. The van der Waals surface area contributed by atoms with Gasteiger partial charge in [-0.15, -0.1) is 0 Å². The molecule has 0 fully saturated rings. The highest BCUT2D eigenvalue weighted by molar-refractivity contribution is 6.00. The number of methoxy groups -OCH3 is 1. The van der Waals surface area contributed by atoms with Crippen molar-refractivity contribution in [3.05, 3.63) is 111 Å². The van der Waals surface area contributed by atoms with Crippen LogP contribution in [0.25, 0.3) is 10.9 Å². The maximum absolute atomic E-state index is 12.3. The normalized spacial score (nSPS) is 11.0. The van der Waals surface area contributed by atoms with Gasteiger partial charge in [0, 0.05) is 46.9 Å². The smallest absolute Gasteiger partial charge is 0.337 e. The van der Waals surface area contributed by atoms with Gasteiger partial charge in [0.05, 0.1) is 23.8 Å². The van der Waals surface area contributed by atoms with Crippen LogP contribution in [-0.2, 0) is 11.3 Å². The molecule has 0 spiro atoms. The number of carbonyl (C=O) groups is 2. The molecule has 0 aliphatic carbocycles. The maximum atomic E-state index is 12.3. The van der Waals surface area contributed by atoms with Crippen molar-refractivity contribution in [1.82, 2.24) is 9.99 Å². The number of non-ortho nitro benzene ring substituents is 1. The number of amides is 1. The molecular weight excluding hydrogens is 436 g/mol. The molecule has 9 nitrogen and oxygen atoms in total. The van der Waals surface area contributed by atoms with Crippen LogP contribution in [0, 0.1) is 10.1 Å². The van der Waals surface area contributed by atoms with Gasteiger partial charge < -0.3 is 9.30 Å². The summed E-state index contributed by atoms with van der Waals surface area (Å²) in [5.41, 5.74) is 5.51. The van der Waals surface area contributed by atoms with Crippen LogP contribution in [0.3, 0.4) is 0 Å². The number of para-hydroxylation sites is 1. The van der Waals surface area contributed by atoms with Crippen LogP contribution in [-0.4, -0.2) is 34.7 Å². The number of benzene rings is 3. The first-order valence-corrected chi connectivity index (χ1v) is 10.3. The summed E-state index contributed by atoms with van der Waals surface area (Å²) in [7, 11) is 1.35. The molecule has 170 valence electrons. The summed E-state index contributed by atoms with van der Waals surface area (Å²) in [6.07, 6.45) is 3.43. The number of nitrogens with zero attached hydrogens (tertiary/aromatic N) is 3. The third-order valence-electron chi connectivity index (χ3n) is 5.21. The Morgan fingerprint density at radius 2 is 1.82 bits per heavy atom. The molecule has 0 saturated carbocycles. The van der Waals surface area contributed by atoms with Crippen molar-refractivity contribution in [3.63, 3.8) is 0 Å². The summed E-state index contributed by atoms with van der Waals surface area (Å²) in [6, 6.07) is 20.4. The van der Waals surface area contributed by atoms with E-state index in [9.17, 15) is 19.7 Å². The Hall–Kier alpha value is -4.79. The second-order valence-electron chi connectivity index (χ2n) is 7.43. The van der Waals surface area contributed by atoms with Gasteiger partial charge in [-0.25, -0.2) is 10.2 Å². The molecule has 0 radical (unpaired) electrons. The predicted molar refractivity (Wildman–Crippen MR) is 127 cm³/mol. The minimum atomic E-state index is -0.560. The summed E-state index contributed by atoms with van der Waals surface area (Å²) in [6.45, 7) is 0.513. The van der Waals surface area contributed by atoms with E-state index in [1.165, 1.54) is 37.6 Å². The lowest BCUT2D eigenvalue weighted by molar-refractivity contribution is -0.384. The van der Waals surface area contributed by atoms with Gasteiger partial charge in [-0.2, -0.15) is 5.10 Å². The standard InChI is InChI=1S/C25H20N4O5/c1-34-25(31)19-8-4-6-17(12-19)15-28-16-20(22-10-2-3-11-23(22)28)14-26-27-24(30)18-7-5-9-21(13-18)29(32)33/h2-14,16H,15H2,1H3,(H,27,30)/b26-14-. The quantitative estimate of drug-likeness (QED) is 0.194. The lowest BCUT2D eigenvalue weighted by atomic mass is 10.1. The Labute approximate surface area is 194 Å². The van der Waals surface area contributed by atoms with E-state index in [1.54, 1.807) is 18.2 Å². The van der Waals surface area contributed by atoms with E-state index in [0.29, 0.717) is 12.1 Å². The third kappa shape index (κ3) is 4.83. The maximum Gasteiger partial charge on any atom is 0.337 e. The van der Waals surface area contributed by atoms with Crippen molar-refractivity contribution in [2.45, 2.75) is 6.54 Å². The number of carbonyl (C=O) groups excluding carboxylic acids is 2. The summed E-state index contributed by atoms with van der Waals surface area (Å²) in [5, 5.41) is 15.9. The molecule has 3 aromatic carbocycles. The number of aromatic nitrogens is 1. The first-order chi connectivity index (χ1) is 16.5. The van der Waals surface area contributed by atoms with E-state index in [0.717, 1.165) is 22.0 Å². The molecule has 1 N–H and O–H groups in total.